The lowest BCUT2D eigenvalue weighted by molar-refractivity contribution is 0.507. The van der Waals surface area contributed by atoms with Crippen molar-refractivity contribution in [1.82, 2.24) is 25.2 Å². The Morgan fingerprint density at radius 1 is 1.31 bits per heavy atom. The second kappa shape index (κ2) is 11.2. The first-order chi connectivity index (χ1) is 13.6. The minimum Gasteiger partial charge on any atom is -0.361 e. The SMILES string of the molecule is CCNC(=NCc1nccn1CC(C)C)NCCc1c[nH]c2cc(F)ccc12.I. The van der Waals surface area contributed by atoms with Crippen LogP contribution in [-0.2, 0) is 19.5 Å². The lowest BCUT2D eigenvalue weighted by atomic mass is 10.1. The quantitative estimate of drug-likeness (QED) is 0.242. The molecule has 3 N–H and O–H groups in total. The smallest absolute Gasteiger partial charge is 0.191 e. The summed E-state index contributed by atoms with van der Waals surface area (Å²) in [5.74, 6) is 2.07. The number of aromatic nitrogens is 3. The fourth-order valence-corrected chi connectivity index (χ4v) is 3.22. The molecule has 0 radical (unpaired) electrons. The first-order valence-corrected chi connectivity index (χ1v) is 9.84. The van der Waals surface area contributed by atoms with Crippen molar-refractivity contribution in [2.45, 2.75) is 40.3 Å². The molecule has 0 aliphatic rings. The van der Waals surface area contributed by atoms with Gasteiger partial charge in [-0.05, 0) is 43.0 Å². The van der Waals surface area contributed by atoms with Crippen LogP contribution in [0.5, 0.6) is 0 Å². The van der Waals surface area contributed by atoms with Gasteiger partial charge in [-0.15, -0.1) is 24.0 Å². The Morgan fingerprint density at radius 2 is 2.14 bits per heavy atom. The molecule has 0 bridgehead atoms. The second-order valence-electron chi connectivity index (χ2n) is 7.27. The summed E-state index contributed by atoms with van der Waals surface area (Å²) in [6, 6.07) is 4.85. The van der Waals surface area contributed by atoms with Gasteiger partial charge in [0, 0.05) is 49.1 Å². The summed E-state index contributed by atoms with van der Waals surface area (Å²) in [7, 11) is 0. The van der Waals surface area contributed by atoms with Gasteiger partial charge in [-0.1, -0.05) is 13.8 Å². The molecule has 0 unspecified atom stereocenters. The molecule has 158 valence electrons. The average molecular weight is 512 g/mol. The minimum absolute atomic E-state index is 0. The van der Waals surface area contributed by atoms with Gasteiger partial charge in [-0.3, -0.25) is 0 Å². The van der Waals surface area contributed by atoms with Gasteiger partial charge in [-0.2, -0.15) is 0 Å². The van der Waals surface area contributed by atoms with Crippen LogP contribution in [0.25, 0.3) is 10.9 Å². The van der Waals surface area contributed by atoms with E-state index in [0.717, 1.165) is 54.3 Å². The van der Waals surface area contributed by atoms with Crippen molar-refractivity contribution >= 4 is 40.8 Å². The summed E-state index contributed by atoms with van der Waals surface area (Å²) in [6.45, 7) is 9.42. The number of nitrogens with zero attached hydrogens (tertiary/aromatic N) is 3. The molecule has 6 nitrogen and oxygen atoms in total. The highest BCUT2D eigenvalue weighted by Gasteiger charge is 2.07. The first kappa shape index (κ1) is 23.2. The summed E-state index contributed by atoms with van der Waals surface area (Å²) in [6.07, 6.45) is 6.59. The van der Waals surface area contributed by atoms with Crippen LogP contribution in [0.4, 0.5) is 4.39 Å². The van der Waals surface area contributed by atoms with Gasteiger partial charge in [0.1, 0.15) is 18.2 Å². The lowest BCUT2D eigenvalue weighted by Gasteiger charge is -2.12. The van der Waals surface area contributed by atoms with Crippen LogP contribution < -0.4 is 10.6 Å². The van der Waals surface area contributed by atoms with Gasteiger partial charge < -0.3 is 20.2 Å². The van der Waals surface area contributed by atoms with E-state index in [1.807, 2.05) is 31.6 Å². The Labute approximate surface area is 188 Å². The van der Waals surface area contributed by atoms with Crippen LogP contribution in [0.1, 0.15) is 32.2 Å². The summed E-state index contributed by atoms with van der Waals surface area (Å²) < 4.78 is 15.5. The maximum absolute atomic E-state index is 13.3. The first-order valence-electron chi connectivity index (χ1n) is 9.84. The zero-order valence-electron chi connectivity index (χ0n) is 17.2. The number of hydrogen-bond acceptors (Lipinski definition) is 2. The Morgan fingerprint density at radius 3 is 2.90 bits per heavy atom. The third-order valence-corrected chi connectivity index (χ3v) is 4.50. The molecule has 1 aromatic carbocycles. The number of halogens is 2. The monoisotopic (exact) mass is 512 g/mol. The van der Waals surface area contributed by atoms with Crippen LogP contribution in [0.2, 0.25) is 0 Å². The van der Waals surface area contributed by atoms with Crippen molar-refractivity contribution in [3.63, 3.8) is 0 Å². The normalized spacial score (nSPS) is 11.7. The molecule has 0 amide bonds. The Bertz CT molecular complexity index is 930. The zero-order valence-corrected chi connectivity index (χ0v) is 19.5. The fourth-order valence-electron chi connectivity index (χ4n) is 3.22. The number of aromatic amines is 1. The van der Waals surface area contributed by atoms with E-state index in [0.29, 0.717) is 12.5 Å². The Balaban J connectivity index is 0.00000300. The van der Waals surface area contributed by atoms with Gasteiger partial charge in [-0.25, -0.2) is 14.4 Å². The number of guanidine groups is 1. The number of nitrogens with one attached hydrogen (secondary N) is 3. The number of benzene rings is 1. The van der Waals surface area contributed by atoms with Gasteiger partial charge in [0.2, 0.25) is 0 Å². The summed E-state index contributed by atoms with van der Waals surface area (Å²) in [5, 5.41) is 7.70. The molecule has 0 fully saturated rings. The maximum Gasteiger partial charge on any atom is 0.191 e. The summed E-state index contributed by atoms with van der Waals surface area (Å²) in [5.41, 5.74) is 1.98. The highest BCUT2D eigenvalue weighted by Crippen LogP contribution is 2.19. The van der Waals surface area contributed by atoms with E-state index >= 15 is 0 Å². The fraction of sp³-hybridized carbons (Fsp3) is 0.429. The van der Waals surface area contributed by atoms with Gasteiger partial charge >= 0.3 is 0 Å². The molecule has 0 saturated heterocycles. The molecule has 2 heterocycles. The number of H-pyrrole nitrogens is 1. The molecule has 29 heavy (non-hydrogen) atoms. The van der Waals surface area contributed by atoms with Crippen molar-refractivity contribution in [3.8, 4) is 0 Å². The van der Waals surface area contributed by atoms with Crippen molar-refractivity contribution in [2.24, 2.45) is 10.9 Å². The molecule has 0 aliphatic heterocycles. The predicted octanol–water partition coefficient (Wildman–Crippen LogP) is 4.08. The van der Waals surface area contributed by atoms with Gasteiger partial charge in [0.05, 0.1) is 0 Å². The largest absolute Gasteiger partial charge is 0.361 e. The number of aliphatic imine (C=N–C) groups is 1. The third kappa shape index (κ3) is 6.45. The average Bonchev–Trinajstić information content (AvgIpc) is 3.25. The van der Waals surface area contributed by atoms with Crippen molar-refractivity contribution in [1.29, 1.82) is 0 Å². The Kier molecular flexibility index (Phi) is 8.94. The van der Waals surface area contributed by atoms with Crippen molar-refractivity contribution in [2.75, 3.05) is 13.1 Å². The maximum atomic E-state index is 13.3. The zero-order chi connectivity index (χ0) is 19.9. The predicted molar refractivity (Wildman–Crippen MR) is 127 cm³/mol. The molecule has 0 spiro atoms. The number of hydrogen-bond donors (Lipinski definition) is 3. The Hall–Kier alpha value is -2.10. The highest BCUT2D eigenvalue weighted by molar-refractivity contribution is 14.0. The van der Waals surface area contributed by atoms with E-state index < -0.39 is 0 Å². The van der Waals surface area contributed by atoms with Crippen LogP contribution in [0, 0.1) is 11.7 Å². The van der Waals surface area contributed by atoms with Crippen LogP contribution in [0.15, 0.2) is 41.8 Å². The van der Waals surface area contributed by atoms with Gasteiger partial charge in [0.25, 0.3) is 0 Å². The van der Waals surface area contributed by atoms with Crippen molar-refractivity contribution < 1.29 is 4.39 Å². The van der Waals surface area contributed by atoms with E-state index in [1.54, 1.807) is 0 Å². The molecular weight excluding hydrogens is 482 g/mol. The molecule has 0 saturated carbocycles. The standard InChI is InChI=1S/C21H29FN6.HI/c1-4-23-21(27-13-20-24-9-10-28(20)14-15(2)3)25-8-7-16-12-26-19-11-17(22)5-6-18(16)19;/h5-6,9-12,15,26H,4,7-8,13-14H2,1-3H3,(H2,23,25,27);1H. The van der Waals surface area contributed by atoms with Crippen molar-refractivity contribution in [3.05, 3.63) is 54.0 Å². The summed E-state index contributed by atoms with van der Waals surface area (Å²) in [4.78, 5) is 12.2. The molecule has 8 heteroatoms. The van der Waals surface area contributed by atoms with Gasteiger partial charge in [0.15, 0.2) is 5.96 Å². The molecular formula is C21H30FIN6. The van der Waals surface area contributed by atoms with Crippen LogP contribution >= 0.6 is 24.0 Å². The molecule has 0 aliphatic carbocycles. The number of fused-ring (bicyclic) bond motifs is 1. The number of imidazole rings is 1. The van der Waals surface area contributed by atoms with E-state index in [4.69, 9.17) is 0 Å². The van der Waals surface area contributed by atoms with E-state index in [-0.39, 0.29) is 29.8 Å². The second-order valence-corrected chi connectivity index (χ2v) is 7.27. The van der Waals surface area contributed by atoms with E-state index in [1.165, 1.54) is 12.1 Å². The molecule has 2 aromatic heterocycles. The minimum atomic E-state index is -0.226. The molecule has 0 atom stereocenters. The molecule has 3 rings (SSSR count). The van der Waals surface area contributed by atoms with Crippen LogP contribution in [0.3, 0.4) is 0 Å². The van der Waals surface area contributed by atoms with E-state index in [2.05, 4.69) is 44.0 Å². The highest BCUT2D eigenvalue weighted by atomic mass is 127. The molecule has 3 aromatic rings. The summed E-state index contributed by atoms with van der Waals surface area (Å²) >= 11 is 0. The topological polar surface area (TPSA) is 70.0 Å². The number of rotatable bonds is 8. The van der Waals surface area contributed by atoms with Crippen LogP contribution in [-0.4, -0.2) is 33.6 Å². The lowest BCUT2D eigenvalue weighted by Crippen LogP contribution is -2.38. The van der Waals surface area contributed by atoms with E-state index in [9.17, 15) is 4.39 Å². The third-order valence-electron chi connectivity index (χ3n) is 4.50.